The molecule has 0 radical (unpaired) electrons. The minimum Gasteiger partial charge on any atom is -0.496 e. The number of rotatable bonds is 1. The van der Waals surface area contributed by atoms with Gasteiger partial charge in [-0.3, -0.25) is 0 Å². The Morgan fingerprint density at radius 1 is 1.54 bits per heavy atom. The Kier molecular flexibility index (Phi) is 2.30. The molecule has 1 unspecified atom stereocenters. The zero-order chi connectivity index (χ0) is 9.42. The Morgan fingerprint density at radius 2 is 2.31 bits per heavy atom. The molecule has 0 heterocycles. The predicted molar refractivity (Wildman–Crippen MR) is 55.9 cm³/mol. The van der Waals surface area contributed by atoms with Crippen LogP contribution in [-0.2, 0) is 6.42 Å². The van der Waals surface area contributed by atoms with Gasteiger partial charge in [-0.25, -0.2) is 0 Å². The first kappa shape index (κ1) is 9.03. The molecule has 2 nitrogen and oxygen atoms in total. The van der Waals surface area contributed by atoms with Gasteiger partial charge in [0, 0.05) is 16.1 Å². The van der Waals surface area contributed by atoms with Gasteiger partial charge in [-0.1, -0.05) is 15.9 Å². The van der Waals surface area contributed by atoms with Crippen molar-refractivity contribution in [3.8, 4) is 5.75 Å². The molecule has 1 aromatic rings. The van der Waals surface area contributed by atoms with E-state index in [0.717, 1.165) is 23.1 Å². The maximum absolute atomic E-state index is 5.99. The summed E-state index contributed by atoms with van der Waals surface area (Å²) >= 11 is 3.53. The molecule has 0 saturated carbocycles. The Hall–Kier alpha value is -0.540. The Bertz CT molecular complexity index is 338. The molecule has 0 spiro atoms. The van der Waals surface area contributed by atoms with Crippen molar-refractivity contribution >= 4 is 15.9 Å². The maximum Gasteiger partial charge on any atom is 0.123 e. The van der Waals surface area contributed by atoms with Crippen molar-refractivity contribution < 1.29 is 4.74 Å². The average Bonchev–Trinajstić information content (AvgIpc) is 2.51. The van der Waals surface area contributed by atoms with E-state index in [9.17, 15) is 0 Å². The zero-order valence-electron chi connectivity index (χ0n) is 7.51. The van der Waals surface area contributed by atoms with Gasteiger partial charge in [0.15, 0.2) is 0 Å². The van der Waals surface area contributed by atoms with Gasteiger partial charge in [0.2, 0.25) is 0 Å². The van der Waals surface area contributed by atoms with Crippen molar-refractivity contribution in [3.63, 3.8) is 0 Å². The lowest BCUT2D eigenvalue weighted by Gasteiger charge is -2.11. The van der Waals surface area contributed by atoms with Crippen LogP contribution in [0.3, 0.4) is 0 Å². The standard InChI is InChI=1S/C10H12BrNO/c1-13-9-5-3-7(11)6-2-4-8(12)10(6)9/h3,5,8H,2,4,12H2,1H3. The summed E-state index contributed by atoms with van der Waals surface area (Å²) in [4.78, 5) is 0. The van der Waals surface area contributed by atoms with Crippen molar-refractivity contribution in [1.29, 1.82) is 0 Å². The first-order valence-corrected chi connectivity index (χ1v) is 5.14. The van der Waals surface area contributed by atoms with Crippen molar-refractivity contribution in [2.75, 3.05) is 7.11 Å². The summed E-state index contributed by atoms with van der Waals surface area (Å²) in [7, 11) is 1.69. The van der Waals surface area contributed by atoms with Crippen molar-refractivity contribution in [3.05, 3.63) is 27.7 Å². The highest BCUT2D eigenvalue weighted by Crippen LogP contribution is 2.40. The fraction of sp³-hybridized carbons (Fsp3) is 0.400. The summed E-state index contributed by atoms with van der Waals surface area (Å²) in [5.41, 5.74) is 8.48. The van der Waals surface area contributed by atoms with Crippen molar-refractivity contribution in [2.24, 2.45) is 5.73 Å². The fourth-order valence-electron chi connectivity index (χ4n) is 1.90. The third-order valence-corrected chi connectivity index (χ3v) is 3.30. The second-order valence-corrected chi connectivity index (χ2v) is 4.14. The van der Waals surface area contributed by atoms with Crippen LogP contribution in [0.5, 0.6) is 5.75 Å². The normalized spacial score (nSPS) is 20.1. The lowest BCUT2D eigenvalue weighted by Crippen LogP contribution is -2.07. The van der Waals surface area contributed by atoms with Crippen molar-refractivity contribution in [2.45, 2.75) is 18.9 Å². The Labute approximate surface area is 86.2 Å². The van der Waals surface area contributed by atoms with Crippen LogP contribution in [-0.4, -0.2) is 7.11 Å². The summed E-state index contributed by atoms with van der Waals surface area (Å²) in [6, 6.07) is 4.13. The summed E-state index contributed by atoms with van der Waals surface area (Å²) in [5, 5.41) is 0. The first-order valence-electron chi connectivity index (χ1n) is 4.35. The highest BCUT2D eigenvalue weighted by molar-refractivity contribution is 9.10. The molecular formula is C10H12BrNO. The van der Waals surface area contributed by atoms with E-state index in [2.05, 4.69) is 15.9 Å². The molecule has 0 bridgehead atoms. The minimum atomic E-state index is 0.141. The van der Waals surface area contributed by atoms with E-state index >= 15 is 0 Å². The lowest BCUT2D eigenvalue weighted by atomic mass is 10.1. The molecule has 0 aliphatic heterocycles. The number of ether oxygens (including phenoxy) is 1. The molecule has 2 rings (SSSR count). The maximum atomic E-state index is 5.99. The number of benzene rings is 1. The number of hydrogen-bond acceptors (Lipinski definition) is 2. The number of fused-ring (bicyclic) bond motifs is 1. The third-order valence-electron chi connectivity index (χ3n) is 2.56. The number of nitrogens with two attached hydrogens (primary N) is 1. The largest absolute Gasteiger partial charge is 0.496 e. The minimum absolute atomic E-state index is 0.141. The highest BCUT2D eigenvalue weighted by Gasteiger charge is 2.24. The average molecular weight is 242 g/mol. The van der Waals surface area contributed by atoms with Gasteiger partial charge in [0.05, 0.1) is 7.11 Å². The molecule has 13 heavy (non-hydrogen) atoms. The smallest absolute Gasteiger partial charge is 0.123 e. The topological polar surface area (TPSA) is 35.2 Å². The zero-order valence-corrected chi connectivity index (χ0v) is 9.10. The number of hydrogen-bond donors (Lipinski definition) is 1. The van der Waals surface area contributed by atoms with Crippen LogP contribution in [0, 0.1) is 0 Å². The highest BCUT2D eigenvalue weighted by atomic mass is 79.9. The van der Waals surface area contributed by atoms with E-state index in [1.807, 2.05) is 12.1 Å². The van der Waals surface area contributed by atoms with Crippen LogP contribution in [0.1, 0.15) is 23.6 Å². The van der Waals surface area contributed by atoms with Gasteiger partial charge in [-0.15, -0.1) is 0 Å². The predicted octanol–water partition coefficient (Wildman–Crippen LogP) is 2.40. The van der Waals surface area contributed by atoms with Crippen LogP contribution in [0.15, 0.2) is 16.6 Å². The first-order chi connectivity index (χ1) is 6.24. The molecule has 1 atom stereocenters. The SMILES string of the molecule is COc1ccc(Br)c2c1C(N)CC2. The Morgan fingerprint density at radius 3 is 3.00 bits per heavy atom. The van der Waals surface area contributed by atoms with Gasteiger partial charge in [0.25, 0.3) is 0 Å². The molecular weight excluding hydrogens is 230 g/mol. The molecule has 70 valence electrons. The quantitative estimate of drug-likeness (QED) is 0.820. The van der Waals surface area contributed by atoms with E-state index in [4.69, 9.17) is 10.5 Å². The summed E-state index contributed by atoms with van der Waals surface area (Å²) in [6.07, 6.45) is 2.07. The molecule has 0 aromatic heterocycles. The number of methoxy groups -OCH3 is 1. The van der Waals surface area contributed by atoms with Crippen LogP contribution >= 0.6 is 15.9 Å². The second-order valence-electron chi connectivity index (χ2n) is 3.29. The van der Waals surface area contributed by atoms with Crippen LogP contribution in [0.2, 0.25) is 0 Å². The third kappa shape index (κ3) is 1.36. The summed E-state index contributed by atoms with van der Waals surface area (Å²) in [5.74, 6) is 0.920. The van der Waals surface area contributed by atoms with E-state index < -0.39 is 0 Å². The van der Waals surface area contributed by atoms with Crippen molar-refractivity contribution in [1.82, 2.24) is 0 Å². The summed E-state index contributed by atoms with van der Waals surface area (Å²) in [6.45, 7) is 0. The van der Waals surface area contributed by atoms with Gasteiger partial charge >= 0.3 is 0 Å². The van der Waals surface area contributed by atoms with Gasteiger partial charge in [0.1, 0.15) is 5.75 Å². The Balaban J connectivity index is 2.60. The van der Waals surface area contributed by atoms with Crippen LogP contribution < -0.4 is 10.5 Å². The molecule has 0 fully saturated rings. The molecule has 3 heteroatoms. The van der Waals surface area contributed by atoms with Crippen LogP contribution in [0.4, 0.5) is 0 Å². The molecule has 0 amide bonds. The molecule has 1 aliphatic carbocycles. The second kappa shape index (κ2) is 3.31. The number of halogens is 1. The molecule has 1 aromatic carbocycles. The van der Waals surface area contributed by atoms with Crippen LogP contribution in [0.25, 0.3) is 0 Å². The summed E-state index contributed by atoms with van der Waals surface area (Å²) < 4.78 is 6.43. The monoisotopic (exact) mass is 241 g/mol. The fourth-order valence-corrected chi connectivity index (χ4v) is 2.44. The van der Waals surface area contributed by atoms with E-state index in [0.29, 0.717) is 0 Å². The molecule has 1 aliphatic rings. The van der Waals surface area contributed by atoms with Gasteiger partial charge in [-0.05, 0) is 30.5 Å². The van der Waals surface area contributed by atoms with Gasteiger partial charge in [-0.2, -0.15) is 0 Å². The van der Waals surface area contributed by atoms with E-state index in [1.54, 1.807) is 7.11 Å². The molecule has 0 saturated heterocycles. The van der Waals surface area contributed by atoms with E-state index in [-0.39, 0.29) is 6.04 Å². The van der Waals surface area contributed by atoms with Gasteiger partial charge < -0.3 is 10.5 Å². The van der Waals surface area contributed by atoms with E-state index in [1.165, 1.54) is 11.1 Å². The molecule has 2 N–H and O–H groups in total. The lowest BCUT2D eigenvalue weighted by molar-refractivity contribution is 0.407.